The van der Waals surface area contributed by atoms with E-state index in [1.165, 1.54) is 7.11 Å². The summed E-state index contributed by atoms with van der Waals surface area (Å²) in [4.78, 5) is 11.1. The van der Waals surface area contributed by atoms with Crippen LogP contribution in [-0.2, 0) is 22.6 Å². The zero-order chi connectivity index (χ0) is 13.8. The number of fused-ring (bicyclic) bond motifs is 1. The summed E-state index contributed by atoms with van der Waals surface area (Å²) in [5.74, 6) is -0.187. The highest BCUT2D eigenvalue weighted by Crippen LogP contribution is 2.25. The van der Waals surface area contributed by atoms with Crippen molar-refractivity contribution in [3.63, 3.8) is 0 Å². The van der Waals surface area contributed by atoms with Crippen molar-refractivity contribution >= 4 is 28.5 Å². The summed E-state index contributed by atoms with van der Waals surface area (Å²) in [5, 5.41) is 1.81. The molecule has 4 nitrogen and oxygen atoms in total. The molecule has 0 atom stereocenters. The van der Waals surface area contributed by atoms with Crippen LogP contribution in [-0.4, -0.2) is 17.6 Å². The Labute approximate surface area is 117 Å². The lowest BCUT2D eigenvalue weighted by molar-refractivity contribution is -0.140. The molecule has 0 bridgehead atoms. The molecule has 0 saturated carbocycles. The lowest BCUT2D eigenvalue weighted by Gasteiger charge is -2.05. The van der Waals surface area contributed by atoms with Gasteiger partial charge in [-0.15, -0.1) is 0 Å². The Hall–Kier alpha value is -1.52. The number of hydrogen-bond donors (Lipinski definition) is 1. The monoisotopic (exact) mass is 280 g/mol. The largest absolute Gasteiger partial charge is 0.469 e. The maximum Gasteiger partial charge on any atom is 0.305 e. The highest BCUT2D eigenvalue weighted by Gasteiger charge is 2.08. The Morgan fingerprint density at radius 3 is 2.95 bits per heavy atom. The van der Waals surface area contributed by atoms with E-state index in [0.717, 1.165) is 29.4 Å². The van der Waals surface area contributed by atoms with Crippen LogP contribution in [0.3, 0.4) is 0 Å². The summed E-state index contributed by atoms with van der Waals surface area (Å²) in [6.07, 6.45) is 3.17. The third-order valence-corrected chi connectivity index (χ3v) is 3.39. The maximum absolute atomic E-state index is 11.1. The smallest absolute Gasteiger partial charge is 0.305 e. The van der Waals surface area contributed by atoms with E-state index in [9.17, 15) is 4.79 Å². The molecular formula is C14H17ClN2O2. The van der Waals surface area contributed by atoms with Crippen LogP contribution < -0.4 is 5.73 Å². The number of aromatic nitrogens is 1. The molecule has 0 unspecified atom stereocenters. The second kappa shape index (κ2) is 6.08. The number of nitrogens with two attached hydrogens (primary N) is 1. The summed E-state index contributed by atoms with van der Waals surface area (Å²) in [7, 11) is 1.40. The van der Waals surface area contributed by atoms with Crippen molar-refractivity contribution in [2.45, 2.75) is 25.9 Å². The molecule has 0 fully saturated rings. The first-order valence-electron chi connectivity index (χ1n) is 6.20. The van der Waals surface area contributed by atoms with Crippen molar-refractivity contribution in [3.8, 4) is 0 Å². The Bertz CT molecular complexity index is 592. The maximum atomic E-state index is 11.1. The molecule has 0 aliphatic carbocycles. The van der Waals surface area contributed by atoms with Crippen molar-refractivity contribution < 1.29 is 9.53 Å². The van der Waals surface area contributed by atoms with Gasteiger partial charge in [-0.1, -0.05) is 17.7 Å². The fourth-order valence-electron chi connectivity index (χ4n) is 2.18. The van der Waals surface area contributed by atoms with Gasteiger partial charge < -0.3 is 15.0 Å². The highest BCUT2D eigenvalue weighted by molar-refractivity contribution is 6.31. The van der Waals surface area contributed by atoms with E-state index >= 15 is 0 Å². The molecule has 102 valence electrons. The molecule has 2 aromatic rings. The molecule has 0 saturated heterocycles. The first-order chi connectivity index (χ1) is 9.15. The fraction of sp³-hybridized carbons (Fsp3) is 0.357. The van der Waals surface area contributed by atoms with E-state index < -0.39 is 0 Å². The number of methoxy groups -OCH3 is 1. The van der Waals surface area contributed by atoms with Gasteiger partial charge in [0, 0.05) is 41.6 Å². The fourth-order valence-corrected chi connectivity index (χ4v) is 2.35. The number of rotatable bonds is 5. The van der Waals surface area contributed by atoms with Crippen LogP contribution in [0.1, 0.15) is 18.4 Å². The van der Waals surface area contributed by atoms with Gasteiger partial charge in [0.15, 0.2) is 0 Å². The van der Waals surface area contributed by atoms with E-state index in [0.29, 0.717) is 18.0 Å². The van der Waals surface area contributed by atoms with Gasteiger partial charge in [0.05, 0.1) is 7.11 Å². The Morgan fingerprint density at radius 2 is 2.26 bits per heavy atom. The van der Waals surface area contributed by atoms with E-state index in [-0.39, 0.29) is 5.97 Å². The van der Waals surface area contributed by atoms with E-state index in [2.05, 4.69) is 9.30 Å². The summed E-state index contributed by atoms with van der Waals surface area (Å²) in [6.45, 7) is 1.23. The van der Waals surface area contributed by atoms with Crippen LogP contribution in [0.15, 0.2) is 24.4 Å². The van der Waals surface area contributed by atoms with E-state index in [1.807, 2.05) is 24.4 Å². The van der Waals surface area contributed by atoms with Crippen molar-refractivity contribution in [1.82, 2.24) is 4.57 Å². The summed E-state index contributed by atoms with van der Waals surface area (Å²) in [5.41, 5.74) is 7.89. The predicted octanol–water partition coefficient (Wildman–Crippen LogP) is 2.71. The number of halogens is 1. The van der Waals surface area contributed by atoms with Crippen molar-refractivity contribution in [2.75, 3.05) is 7.11 Å². The molecule has 1 aromatic carbocycles. The third kappa shape index (κ3) is 3.08. The van der Waals surface area contributed by atoms with Crippen LogP contribution in [0.5, 0.6) is 0 Å². The Balaban J connectivity index is 2.22. The molecule has 5 heteroatoms. The number of ether oxygens (including phenoxy) is 1. The van der Waals surface area contributed by atoms with Gasteiger partial charge in [-0.2, -0.15) is 0 Å². The average molecular weight is 281 g/mol. The van der Waals surface area contributed by atoms with Gasteiger partial charge in [-0.25, -0.2) is 0 Å². The van der Waals surface area contributed by atoms with E-state index in [4.69, 9.17) is 17.3 Å². The highest BCUT2D eigenvalue weighted by atomic mass is 35.5. The third-order valence-electron chi connectivity index (χ3n) is 3.15. The molecule has 0 spiro atoms. The summed E-state index contributed by atoms with van der Waals surface area (Å²) < 4.78 is 6.72. The van der Waals surface area contributed by atoms with Crippen molar-refractivity contribution in [2.24, 2.45) is 5.73 Å². The van der Waals surface area contributed by atoms with Gasteiger partial charge in [0.2, 0.25) is 0 Å². The molecule has 1 aromatic heterocycles. The van der Waals surface area contributed by atoms with Crippen molar-refractivity contribution in [1.29, 1.82) is 0 Å². The minimum atomic E-state index is -0.187. The molecule has 0 amide bonds. The molecule has 19 heavy (non-hydrogen) atoms. The zero-order valence-electron chi connectivity index (χ0n) is 10.9. The van der Waals surface area contributed by atoms with Gasteiger partial charge in [-0.3, -0.25) is 4.79 Å². The van der Waals surface area contributed by atoms with Gasteiger partial charge in [-0.05, 0) is 24.1 Å². The molecule has 2 N–H and O–H groups in total. The standard InChI is InChI=1S/C14H17ClN2O2/c1-19-14(18)3-2-6-17-9-10(8-16)12-5-4-11(15)7-13(12)17/h4-5,7,9H,2-3,6,8,16H2,1H3. The van der Waals surface area contributed by atoms with Gasteiger partial charge in [0.1, 0.15) is 0 Å². The van der Waals surface area contributed by atoms with Crippen LogP contribution in [0.25, 0.3) is 10.9 Å². The van der Waals surface area contributed by atoms with Crippen molar-refractivity contribution in [3.05, 3.63) is 35.0 Å². The van der Waals surface area contributed by atoms with Gasteiger partial charge >= 0.3 is 5.97 Å². The quantitative estimate of drug-likeness (QED) is 0.857. The SMILES string of the molecule is COC(=O)CCCn1cc(CN)c2ccc(Cl)cc21. The molecule has 2 rings (SSSR count). The van der Waals surface area contributed by atoms with Crippen LogP contribution in [0.2, 0.25) is 5.02 Å². The number of carbonyl (C=O) groups excluding carboxylic acids is 1. The summed E-state index contributed by atoms with van der Waals surface area (Å²) >= 11 is 6.03. The normalized spacial score (nSPS) is 10.9. The van der Waals surface area contributed by atoms with Crippen LogP contribution in [0, 0.1) is 0 Å². The predicted molar refractivity (Wildman–Crippen MR) is 76.1 cm³/mol. The zero-order valence-corrected chi connectivity index (χ0v) is 11.6. The van der Waals surface area contributed by atoms with Crippen LogP contribution in [0.4, 0.5) is 0 Å². The second-order valence-corrected chi connectivity index (χ2v) is 4.83. The lowest BCUT2D eigenvalue weighted by atomic mass is 10.2. The molecular weight excluding hydrogens is 264 g/mol. The van der Waals surface area contributed by atoms with Crippen LogP contribution >= 0.6 is 11.6 Å². The minimum absolute atomic E-state index is 0.187. The summed E-state index contributed by atoms with van der Waals surface area (Å²) in [6, 6.07) is 5.77. The minimum Gasteiger partial charge on any atom is -0.469 e. The molecule has 0 radical (unpaired) electrons. The number of hydrogen-bond acceptors (Lipinski definition) is 3. The lowest BCUT2D eigenvalue weighted by Crippen LogP contribution is -2.03. The molecule has 0 aliphatic rings. The first-order valence-corrected chi connectivity index (χ1v) is 6.57. The molecule has 0 aliphatic heterocycles. The average Bonchev–Trinajstić information content (AvgIpc) is 2.76. The van der Waals surface area contributed by atoms with E-state index in [1.54, 1.807) is 0 Å². The topological polar surface area (TPSA) is 57.2 Å². The number of esters is 1. The number of carbonyl (C=O) groups is 1. The molecule has 1 heterocycles. The number of benzene rings is 1. The number of aryl methyl sites for hydroxylation is 1. The number of nitrogens with zero attached hydrogens (tertiary/aromatic N) is 1. The first kappa shape index (κ1) is 13.9. The Morgan fingerprint density at radius 1 is 1.47 bits per heavy atom. The second-order valence-electron chi connectivity index (χ2n) is 4.39. The Kier molecular flexibility index (Phi) is 4.45. The van der Waals surface area contributed by atoms with Gasteiger partial charge in [0.25, 0.3) is 0 Å².